The standard InChI is InChI=1S/C16H19GeNO3/c1-2-6-15-14(4-1)5-3-7-16(15)17-19-11-8-18(9-12-20-17)10-13-21-17/h1-7H,8-13H2. The Bertz CT molecular complexity index is 616. The van der Waals surface area contributed by atoms with E-state index in [0.717, 1.165) is 24.0 Å². The summed E-state index contributed by atoms with van der Waals surface area (Å²) in [6, 6.07) is 14.7. The molecule has 0 N–H and O–H groups in total. The SMILES string of the molecule is c1ccc2[c]([Ge]34[O]CCN(CC[O]3)CC[O]4)cccc2c1. The molecule has 0 spiro atoms. The molecule has 0 saturated carbocycles. The third-order valence-corrected chi connectivity index (χ3v) is 10.2. The van der Waals surface area contributed by atoms with E-state index in [0.29, 0.717) is 19.8 Å². The number of fused-ring (bicyclic) bond motifs is 7. The van der Waals surface area contributed by atoms with Crippen LogP contribution < -0.4 is 4.40 Å². The van der Waals surface area contributed by atoms with Crippen LogP contribution in [0.2, 0.25) is 0 Å². The first-order chi connectivity index (χ1) is 10.4. The quantitative estimate of drug-likeness (QED) is 0.730. The second-order valence-electron chi connectivity index (χ2n) is 5.47. The minimum absolute atomic E-state index is 0.698. The number of benzene rings is 2. The van der Waals surface area contributed by atoms with Crippen LogP contribution >= 0.6 is 0 Å². The molecule has 110 valence electrons. The molecule has 3 heterocycles. The van der Waals surface area contributed by atoms with Crippen molar-refractivity contribution in [2.45, 2.75) is 0 Å². The molecule has 2 aromatic rings. The van der Waals surface area contributed by atoms with E-state index in [-0.39, 0.29) is 0 Å². The maximum atomic E-state index is 6.24. The molecule has 21 heavy (non-hydrogen) atoms. The van der Waals surface area contributed by atoms with Gasteiger partial charge in [0.25, 0.3) is 0 Å². The Morgan fingerprint density at radius 1 is 0.762 bits per heavy atom. The van der Waals surface area contributed by atoms with Gasteiger partial charge in [-0.05, 0) is 0 Å². The zero-order valence-corrected chi connectivity index (χ0v) is 14.1. The average molecular weight is 346 g/mol. The van der Waals surface area contributed by atoms with Gasteiger partial charge in [-0.3, -0.25) is 0 Å². The van der Waals surface area contributed by atoms with Gasteiger partial charge < -0.3 is 0 Å². The van der Waals surface area contributed by atoms with Crippen molar-refractivity contribution in [3.63, 3.8) is 0 Å². The van der Waals surface area contributed by atoms with Gasteiger partial charge in [-0.15, -0.1) is 0 Å². The predicted molar refractivity (Wildman–Crippen MR) is 83.6 cm³/mol. The Balaban J connectivity index is 1.84. The summed E-state index contributed by atoms with van der Waals surface area (Å²) in [4.78, 5) is 2.34. The number of nitrogens with zero attached hydrogens (tertiary/aromatic N) is 1. The monoisotopic (exact) mass is 347 g/mol. The van der Waals surface area contributed by atoms with Crippen LogP contribution in [0.3, 0.4) is 0 Å². The van der Waals surface area contributed by atoms with Crippen molar-refractivity contribution in [3.05, 3.63) is 42.5 Å². The fourth-order valence-corrected chi connectivity index (χ4v) is 8.68. The van der Waals surface area contributed by atoms with Crippen LogP contribution in [0.1, 0.15) is 0 Å². The summed E-state index contributed by atoms with van der Waals surface area (Å²) in [5, 5.41) is 2.43. The summed E-state index contributed by atoms with van der Waals surface area (Å²) in [5.41, 5.74) is 0. The van der Waals surface area contributed by atoms with Crippen molar-refractivity contribution in [2.24, 2.45) is 0 Å². The molecule has 3 aliphatic rings. The molecule has 3 fully saturated rings. The molecule has 3 aliphatic heterocycles. The Morgan fingerprint density at radius 2 is 1.38 bits per heavy atom. The third-order valence-electron chi connectivity index (χ3n) is 4.22. The van der Waals surface area contributed by atoms with Gasteiger partial charge in [-0.2, -0.15) is 0 Å². The normalized spacial score (nSPS) is 29.8. The first-order valence-corrected chi connectivity index (χ1v) is 11.1. The summed E-state index contributed by atoms with van der Waals surface area (Å²) in [5.74, 6) is 0. The van der Waals surface area contributed by atoms with E-state index >= 15 is 0 Å². The van der Waals surface area contributed by atoms with Gasteiger partial charge in [0.05, 0.1) is 0 Å². The van der Waals surface area contributed by atoms with E-state index in [2.05, 4.69) is 47.4 Å². The van der Waals surface area contributed by atoms with Gasteiger partial charge in [-0.1, -0.05) is 0 Å². The third kappa shape index (κ3) is 2.51. The summed E-state index contributed by atoms with van der Waals surface area (Å²) in [6.07, 6.45) is 0. The van der Waals surface area contributed by atoms with Gasteiger partial charge in [0.2, 0.25) is 0 Å². The summed E-state index contributed by atoms with van der Waals surface area (Å²) >= 11 is -3.40. The molecule has 0 unspecified atom stereocenters. The average Bonchev–Trinajstić information content (AvgIpc) is 2.45. The molecule has 5 heteroatoms. The van der Waals surface area contributed by atoms with Crippen LogP contribution in [0, 0.1) is 0 Å². The zero-order chi connectivity index (χ0) is 14.1. The van der Waals surface area contributed by atoms with Crippen molar-refractivity contribution in [1.82, 2.24) is 4.90 Å². The maximum absolute atomic E-state index is 6.24. The van der Waals surface area contributed by atoms with Crippen molar-refractivity contribution >= 4 is 29.4 Å². The van der Waals surface area contributed by atoms with Gasteiger partial charge in [0.1, 0.15) is 0 Å². The summed E-state index contributed by atoms with van der Waals surface area (Å²) < 4.78 is 19.9. The van der Waals surface area contributed by atoms with Gasteiger partial charge in [0.15, 0.2) is 0 Å². The molecule has 2 bridgehead atoms. The van der Waals surface area contributed by atoms with E-state index in [1.807, 2.05) is 0 Å². The molecule has 2 aromatic carbocycles. The fraction of sp³-hybridized carbons (Fsp3) is 0.375. The zero-order valence-electron chi connectivity index (χ0n) is 12.0. The van der Waals surface area contributed by atoms with Gasteiger partial charge in [0, 0.05) is 0 Å². The Hall–Kier alpha value is -0.917. The van der Waals surface area contributed by atoms with Crippen LogP contribution in [0.25, 0.3) is 10.8 Å². The van der Waals surface area contributed by atoms with Crippen LogP contribution in [0.4, 0.5) is 0 Å². The summed E-state index contributed by atoms with van der Waals surface area (Å²) in [6.45, 7) is 5.02. The molecule has 3 saturated heterocycles. The van der Waals surface area contributed by atoms with E-state index < -0.39 is 14.3 Å². The van der Waals surface area contributed by atoms with Crippen molar-refractivity contribution < 1.29 is 11.3 Å². The summed E-state index contributed by atoms with van der Waals surface area (Å²) in [7, 11) is 0. The minimum atomic E-state index is -3.40. The van der Waals surface area contributed by atoms with E-state index in [1.54, 1.807) is 0 Å². The fourth-order valence-electron chi connectivity index (χ4n) is 3.11. The number of hydrogen-bond acceptors (Lipinski definition) is 4. The first kappa shape index (κ1) is 13.7. The molecule has 4 nitrogen and oxygen atoms in total. The van der Waals surface area contributed by atoms with Crippen LogP contribution in [-0.2, 0) is 11.3 Å². The molecule has 5 rings (SSSR count). The second-order valence-corrected chi connectivity index (χ2v) is 10.8. The van der Waals surface area contributed by atoms with E-state index in [9.17, 15) is 0 Å². The Kier molecular flexibility index (Phi) is 3.73. The predicted octanol–water partition coefficient (Wildman–Crippen LogP) is 1.36. The molecule has 0 amide bonds. The first-order valence-electron chi connectivity index (χ1n) is 7.50. The molecular weight excluding hydrogens is 327 g/mol. The number of hydrogen-bond donors (Lipinski definition) is 0. The van der Waals surface area contributed by atoms with E-state index in [1.165, 1.54) is 10.8 Å². The Labute approximate surface area is 128 Å². The molecule has 0 aromatic heterocycles. The molecule has 0 atom stereocenters. The van der Waals surface area contributed by atoms with E-state index in [4.69, 9.17) is 11.3 Å². The van der Waals surface area contributed by atoms with Crippen molar-refractivity contribution in [1.29, 1.82) is 0 Å². The molecule has 0 radical (unpaired) electrons. The number of rotatable bonds is 1. The molecular formula is C16H19GeNO3. The van der Waals surface area contributed by atoms with Crippen LogP contribution in [0.5, 0.6) is 0 Å². The topological polar surface area (TPSA) is 30.9 Å². The van der Waals surface area contributed by atoms with Gasteiger partial charge >= 0.3 is 128 Å². The van der Waals surface area contributed by atoms with Crippen LogP contribution in [0.15, 0.2) is 42.5 Å². The van der Waals surface area contributed by atoms with Crippen molar-refractivity contribution in [2.75, 3.05) is 39.5 Å². The van der Waals surface area contributed by atoms with Crippen molar-refractivity contribution in [3.8, 4) is 0 Å². The second kappa shape index (κ2) is 5.70. The van der Waals surface area contributed by atoms with Gasteiger partial charge in [-0.25, -0.2) is 0 Å². The van der Waals surface area contributed by atoms with Crippen LogP contribution in [-0.4, -0.2) is 58.6 Å². The Morgan fingerprint density at radius 3 is 2.10 bits per heavy atom. The molecule has 0 aliphatic carbocycles.